The van der Waals surface area contributed by atoms with Crippen molar-refractivity contribution in [2.75, 3.05) is 18.6 Å². The molecule has 10 heteroatoms. The van der Waals surface area contributed by atoms with Crippen molar-refractivity contribution >= 4 is 33.9 Å². The van der Waals surface area contributed by atoms with Gasteiger partial charge in [0.1, 0.15) is 16.6 Å². The zero-order chi connectivity index (χ0) is 27.6. The van der Waals surface area contributed by atoms with Crippen LogP contribution in [0.1, 0.15) is 62.2 Å². The van der Waals surface area contributed by atoms with Crippen LogP contribution in [0.2, 0.25) is 0 Å². The predicted molar refractivity (Wildman–Crippen MR) is 143 cm³/mol. The lowest BCUT2D eigenvalue weighted by Gasteiger charge is -2.23. The molecule has 38 heavy (non-hydrogen) atoms. The Morgan fingerprint density at radius 2 is 1.79 bits per heavy atom. The lowest BCUT2D eigenvalue weighted by atomic mass is 9.95. The molecule has 1 aromatic heterocycles. The van der Waals surface area contributed by atoms with Crippen LogP contribution in [-0.2, 0) is 9.59 Å². The summed E-state index contributed by atoms with van der Waals surface area (Å²) in [7, 11) is 1.50. The molecule has 1 unspecified atom stereocenters. The van der Waals surface area contributed by atoms with E-state index in [-0.39, 0.29) is 22.2 Å². The Labute approximate surface area is 224 Å². The molecule has 2 aromatic carbocycles. The number of hydrogen-bond donors (Lipinski definition) is 1. The van der Waals surface area contributed by atoms with Crippen LogP contribution >= 0.6 is 11.3 Å². The minimum Gasteiger partial charge on any atom is -0.507 e. The molecule has 200 valence electrons. The number of benzene rings is 2. The van der Waals surface area contributed by atoms with Gasteiger partial charge in [-0.25, -0.2) is 4.39 Å². The first-order chi connectivity index (χ1) is 18.1. The lowest BCUT2D eigenvalue weighted by Crippen LogP contribution is -2.29. The third-order valence-corrected chi connectivity index (χ3v) is 7.37. The van der Waals surface area contributed by atoms with E-state index in [0.29, 0.717) is 34.6 Å². The molecule has 1 N–H and O–H groups in total. The van der Waals surface area contributed by atoms with Gasteiger partial charge in [-0.05, 0) is 54.3 Å². The van der Waals surface area contributed by atoms with E-state index in [1.807, 2.05) is 13.8 Å². The van der Waals surface area contributed by atoms with E-state index >= 15 is 0 Å². The van der Waals surface area contributed by atoms with E-state index in [0.717, 1.165) is 6.42 Å². The number of nitrogens with zero attached hydrogens (tertiary/aromatic N) is 3. The van der Waals surface area contributed by atoms with Crippen LogP contribution in [0.5, 0.6) is 11.5 Å². The summed E-state index contributed by atoms with van der Waals surface area (Å²) < 4.78 is 25.0. The third kappa shape index (κ3) is 5.40. The number of methoxy groups -OCH3 is 1. The maximum Gasteiger partial charge on any atom is 0.301 e. The highest BCUT2D eigenvalue weighted by Gasteiger charge is 2.48. The highest BCUT2D eigenvalue weighted by atomic mass is 32.1. The molecule has 2 heterocycles. The standard InChI is InChI=1S/C28H30FN3O5S/c1-15(2)12-13-37-20-11-8-18(14-21(20)36-5)23-22(24(33)17-6-9-19(29)10-7-17)25(34)27(35)32(23)28-31-30-26(38-28)16(3)4/h6-11,14-16,23,33H,12-13H2,1-5H3/b24-22-. The van der Waals surface area contributed by atoms with Gasteiger partial charge in [0, 0.05) is 11.5 Å². The molecule has 3 aromatic rings. The number of aliphatic hydroxyl groups excluding tert-OH is 1. The lowest BCUT2D eigenvalue weighted by molar-refractivity contribution is -0.132. The molecule has 1 saturated heterocycles. The maximum absolute atomic E-state index is 13.5. The Morgan fingerprint density at radius 1 is 1.08 bits per heavy atom. The fraction of sp³-hybridized carbons (Fsp3) is 0.357. The first-order valence-corrected chi connectivity index (χ1v) is 13.1. The number of carbonyl (C=O) groups is 2. The number of anilines is 1. The summed E-state index contributed by atoms with van der Waals surface area (Å²) in [6, 6.07) is 9.14. The summed E-state index contributed by atoms with van der Waals surface area (Å²) in [5.41, 5.74) is 0.566. The second kappa shape index (κ2) is 11.3. The number of aliphatic hydroxyl groups is 1. The van der Waals surface area contributed by atoms with E-state index in [9.17, 15) is 19.1 Å². The van der Waals surface area contributed by atoms with E-state index in [4.69, 9.17) is 9.47 Å². The van der Waals surface area contributed by atoms with Crippen LogP contribution in [0.25, 0.3) is 5.76 Å². The third-order valence-electron chi connectivity index (χ3n) is 6.15. The van der Waals surface area contributed by atoms with Gasteiger partial charge in [0.05, 0.1) is 25.3 Å². The van der Waals surface area contributed by atoms with Gasteiger partial charge >= 0.3 is 5.91 Å². The number of halogens is 1. The van der Waals surface area contributed by atoms with Crippen molar-refractivity contribution in [1.29, 1.82) is 0 Å². The summed E-state index contributed by atoms with van der Waals surface area (Å²) >= 11 is 1.20. The van der Waals surface area contributed by atoms with Gasteiger partial charge in [0.25, 0.3) is 5.78 Å². The average Bonchev–Trinajstić information content (AvgIpc) is 3.47. The van der Waals surface area contributed by atoms with Gasteiger partial charge in [-0.15, -0.1) is 10.2 Å². The summed E-state index contributed by atoms with van der Waals surface area (Å²) in [6.45, 7) is 8.61. The molecule has 0 bridgehead atoms. The highest BCUT2D eigenvalue weighted by molar-refractivity contribution is 7.15. The van der Waals surface area contributed by atoms with E-state index in [1.165, 1.54) is 47.6 Å². The number of ether oxygens (including phenoxy) is 2. The molecule has 8 nitrogen and oxygen atoms in total. The van der Waals surface area contributed by atoms with Gasteiger partial charge < -0.3 is 14.6 Å². The topological polar surface area (TPSA) is 102 Å². The van der Waals surface area contributed by atoms with Gasteiger partial charge in [0.2, 0.25) is 5.13 Å². The van der Waals surface area contributed by atoms with Crippen molar-refractivity contribution in [2.24, 2.45) is 5.92 Å². The molecule has 1 aliphatic rings. The molecule has 1 aliphatic heterocycles. The molecule has 1 fully saturated rings. The smallest absolute Gasteiger partial charge is 0.301 e. The second-order valence-electron chi connectivity index (χ2n) is 9.69. The highest BCUT2D eigenvalue weighted by Crippen LogP contribution is 2.45. The van der Waals surface area contributed by atoms with Crippen LogP contribution in [0.3, 0.4) is 0 Å². The number of carbonyl (C=O) groups excluding carboxylic acids is 2. The van der Waals surface area contributed by atoms with Gasteiger partial charge in [-0.1, -0.05) is 45.1 Å². The first kappa shape index (κ1) is 27.3. The van der Waals surface area contributed by atoms with Crippen molar-refractivity contribution < 1.29 is 28.6 Å². The van der Waals surface area contributed by atoms with Crippen molar-refractivity contribution in [3.05, 3.63) is 70.0 Å². The van der Waals surface area contributed by atoms with Crippen molar-refractivity contribution in [1.82, 2.24) is 10.2 Å². The van der Waals surface area contributed by atoms with Crippen LogP contribution in [-0.4, -0.2) is 40.7 Å². The molecule has 0 aliphatic carbocycles. The molecular formula is C28H30FN3O5S. The zero-order valence-corrected chi connectivity index (χ0v) is 22.7. The minimum absolute atomic E-state index is 0.0677. The van der Waals surface area contributed by atoms with E-state index < -0.39 is 29.3 Å². The molecule has 0 spiro atoms. The van der Waals surface area contributed by atoms with Crippen molar-refractivity contribution in [3.8, 4) is 11.5 Å². The maximum atomic E-state index is 13.5. The minimum atomic E-state index is -1.02. The Hall–Kier alpha value is -3.79. The number of aromatic nitrogens is 2. The van der Waals surface area contributed by atoms with Crippen LogP contribution < -0.4 is 14.4 Å². The Kier molecular flexibility index (Phi) is 8.11. The fourth-order valence-electron chi connectivity index (χ4n) is 4.04. The summed E-state index contributed by atoms with van der Waals surface area (Å²) in [5, 5.41) is 20.5. The second-order valence-corrected chi connectivity index (χ2v) is 10.7. The molecule has 1 atom stereocenters. The SMILES string of the molecule is COc1cc(C2/C(=C(/O)c3ccc(F)cc3)C(=O)C(=O)N2c2nnc(C(C)C)s2)ccc1OCCC(C)C. The Bertz CT molecular complexity index is 1370. The van der Waals surface area contributed by atoms with Gasteiger partial charge in [-0.3, -0.25) is 14.5 Å². The largest absolute Gasteiger partial charge is 0.507 e. The molecule has 0 saturated carbocycles. The number of hydrogen-bond acceptors (Lipinski definition) is 8. The summed E-state index contributed by atoms with van der Waals surface area (Å²) in [5.74, 6) is -1.17. The normalized spacial score (nSPS) is 17.1. The quantitative estimate of drug-likeness (QED) is 0.206. The Balaban J connectivity index is 1.85. The molecular weight excluding hydrogens is 509 g/mol. The van der Waals surface area contributed by atoms with E-state index in [1.54, 1.807) is 18.2 Å². The van der Waals surface area contributed by atoms with Crippen molar-refractivity contribution in [2.45, 2.75) is 46.1 Å². The summed E-state index contributed by atoms with van der Waals surface area (Å²) in [6.07, 6.45) is 0.859. The number of amides is 1. The Morgan fingerprint density at radius 3 is 2.39 bits per heavy atom. The number of Topliss-reactive ketones (excluding diaryl/α,β-unsaturated/α-hetero) is 1. The fourth-order valence-corrected chi connectivity index (χ4v) is 4.92. The monoisotopic (exact) mass is 539 g/mol. The van der Waals surface area contributed by atoms with E-state index in [2.05, 4.69) is 24.0 Å². The first-order valence-electron chi connectivity index (χ1n) is 12.3. The van der Waals surface area contributed by atoms with Crippen LogP contribution in [0, 0.1) is 11.7 Å². The van der Waals surface area contributed by atoms with Gasteiger partial charge in [-0.2, -0.15) is 0 Å². The zero-order valence-electron chi connectivity index (χ0n) is 21.9. The van der Waals surface area contributed by atoms with Crippen molar-refractivity contribution in [3.63, 3.8) is 0 Å². The molecule has 4 rings (SSSR count). The molecule has 0 radical (unpaired) electrons. The average molecular weight is 540 g/mol. The predicted octanol–water partition coefficient (Wildman–Crippen LogP) is 5.86. The summed E-state index contributed by atoms with van der Waals surface area (Å²) in [4.78, 5) is 27.9. The van der Waals surface area contributed by atoms with Gasteiger partial charge in [0.15, 0.2) is 11.5 Å². The van der Waals surface area contributed by atoms with Crippen LogP contribution in [0.4, 0.5) is 9.52 Å². The number of ketones is 1. The van der Waals surface area contributed by atoms with Crippen LogP contribution in [0.15, 0.2) is 48.0 Å². The molecule has 1 amide bonds. The number of rotatable bonds is 9.